The SMILES string of the molecule is CCc1cc(C(=O)N2CCC[C@@H](C(=O)Cc3ccccc3)C2)ccn1. The Hall–Kier alpha value is -2.49. The highest BCUT2D eigenvalue weighted by molar-refractivity contribution is 5.95. The van der Waals surface area contributed by atoms with Gasteiger partial charge in [-0.1, -0.05) is 37.3 Å². The molecule has 0 N–H and O–H groups in total. The summed E-state index contributed by atoms with van der Waals surface area (Å²) in [5.41, 5.74) is 2.63. The second-order valence-corrected chi connectivity index (χ2v) is 6.61. The second-order valence-electron chi connectivity index (χ2n) is 6.61. The Bertz CT molecular complexity index is 743. The van der Waals surface area contributed by atoms with E-state index in [4.69, 9.17) is 0 Å². The van der Waals surface area contributed by atoms with E-state index in [1.54, 1.807) is 12.3 Å². The monoisotopic (exact) mass is 336 g/mol. The van der Waals surface area contributed by atoms with Gasteiger partial charge in [0.15, 0.2) is 0 Å². The third kappa shape index (κ3) is 4.32. The fourth-order valence-corrected chi connectivity index (χ4v) is 3.35. The van der Waals surface area contributed by atoms with Crippen LogP contribution in [0.5, 0.6) is 0 Å². The predicted molar refractivity (Wildman–Crippen MR) is 97.4 cm³/mol. The molecule has 1 amide bonds. The third-order valence-corrected chi connectivity index (χ3v) is 4.81. The van der Waals surface area contributed by atoms with E-state index in [2.05, 4.69) is 4.98 Å². The van der Waals surface area contributed by atoms with Gasteiger partial charge in [0.1, 0.15) is 5.78 Å². The van der Waals surface area contributed by atoms with Crippen LogP contribution in [0.4, 0.5) is 0 Å². The van der Waals surface area contributed by atoms with Crippen molar-refractivity contribution in [1.82, 2.24) is 9.88 Å². The van der Waals surface area contributed by atoms with Gasteiger partial charge in [0.05, 0.1) is 0 Å². The largest absolute Gasteiger partial charge is 0.338 e. The molecule has 4 nitrogen and oxygen atoms in total. The van der Waals surface area contributed by atoms with E-state index in [0.29, 0.717) is 18.5 Å². The minimum atomic E-state index is -0.0645. The summed E-state index contributed by atoms with van der Waals surface area (Å²) in [6, 6.07) is 13.4. The van der Waals surface area contributed by atoms with Crippen molar-refractivity contribution in [3.63, 3.8) is 0 Å². The molecule has 1 aliphatic rings. The Balaban J connectivity index is 1.66. The molecule has 0 radical (unpaired) electrons. The minimum Gasteiger partial charge on any atom is -0.338 e. The number of nitrogens with zero attached hydrogens (tertiary/aromatic N) is 2. The van der Waals surface area contributed by atoms with Crippen molar-refractivity contribution >= 4 is 11.7 Å². The van der Waals surface area contributed by atoms with Gasteiger partial charge in [-0.15, -0.1) is 0 Å². The van der Waals surface area contributed by atoms with Gasteiger partial charge in [-0.2, -0.15) is 0 Å². The van der Waals surface area contributed by atoms with E-state index in [9.17, 15) is 9.59 Å². The number of rotatable bonds is 5. The summed E-state index contributed by atoms with van der Waals surface area (Å²) < 4.78 is 0. The summed E-state index contributed by atoms with van der Waals surface area (Å²) >= 11 is 0. The third-order valence-electron chi connectivity index (χ3n) is 4.81. The van der Waals surface area contributed by atoms with Crippen molar-refractivity contribution in [2.24, 2.45) is 5.92 Å². The predicted octanol–water partition coefficient (Wildman–Crippen LogP) is 3.31. The first-order valence-corrected chi connectivity index (χ1v) is 8.98. The number of hydrogen-bond acceptors (Lipinski definition) is 3. The van der Waals surface area contributed by atoms with Gasteiger partial charge in [-0.25, -0.2) is 0 Å². The average molecular weight is 336 g/mol. The fraction of sp³-hybridized carbons (Fsp3) is 0.381. The molecule has 1 atom stereocenters. The smallest absolute Gasteiger partial charge is 0.253 e. The molecule has 4 heteroatoms. The number of Topliss-reactive ketones (excluding diaryl/α,β-unsaturated/α-hetero) is 1. The number of aryl methyl sites for hydroxylation is 1. The number of amides is 1. The molecule has 3 rings (SSSR count). The maximum Gasteiger partial charge on any atom is 0.253 e. The summed E-state index contributed by atoms with van der Waals surface area (Å²) in [5, 5.41) is 0. The summed E-state index contributed by atoms with van der Waals surface area (Å²) in [6.45, 7) is 3.27. The van der Waals surface area contributed by atoms with Gasteiger partial charge in [-0.3, -0.25) is 14.6 Å². The molecule has 2 heterocycles. The lowest BCUT2D eigenvalue weighted by atomic mass is 9.90. The van der Waals surface area contributed by atoms with Crippen LogP contribution in [0.1, 0.15) is 41.4 Å². The normalized spacial score (nSPS) is 17.3. The summed E-state index contributed by atoms with van der Waals surface area (Å²) in [6.07, 6.45) is 4.69. The Kier molecular flexibility index (Phi) is 5.59. The number of pyridine rings is 1. The summed E-state index contributed by atoms with van der Waals surface area (Å²) in [5.74, 6) is 0.173. The van der Waals surface area contributed by atoms with E-state index < -0.39 is 0 Å². The first-order valence-electron chi connectivity index (χ1n) is 8.98. The number of hydrogen-bond donors (Lipinski definition) is 0. The first-order chi connectivity index (χ1) is 12.2. The van der Waals surface area contributed by atoms with Crippen molar-refractivity contribution in [2.75, 3.05) is 13.1 Å². The molecular formula is C21H24N2O2. The highest BCUT2D eigenvalue weighted by Crippen LogP contribution is 2.21. The lowest BCUT2D eigenvalue weighted by Gasteiger charge is -2.32. The Labute approximate surface area is 148 Å². The molecule has 1 aromatic carbocycles. The number of likely N-dealkylation sites (tertiary alicyclic amines) is 1. The van der Waals surface area contributed by atoms with E-state index in [0.717, 1.165) is 37.1 Å². The number of aromatic nitrogens is 1. The van der Waals surface area contributed by atoms with Gasteiger partial charge in [0.25, 0.3) is 5.91 Å². The van der Waals surface area contributed by atoms with E-state index in [1.165, 1.54) is 0 Å². The molecule has 0 bridgehead atoms. The highest BCUT2D eigenvalue weighted by atomic mass is 16.2. The van der Waals surface area contributed by atoms with Crippen LogP contribution in [0.25, 0.3) is 0 Å². The number of carbonyl (C=O) groups is 2. The zero-order chi connectivity index (χ0) is 17.6. The van der Waals surface area contributed by atoms with Gasteiger partial charge < -0.3 is 4.90 Å². The molecule has 1 aliphatic heterocycles. The lowest BCUT2D eigenvalue weighted by Crippen LogP contribution is -2.42. The maximum absolute atomic E-state index is 12.8. The Morgan fingerprint density at radius 3 is 2.76 bits per heavy atom. The molecule has 1 aromatic heterocycles. The fourth-order valence-electron chi connectivity index (χ4n) is 3.35. The second kappa shape index (κ2) is 8.06. The summed E-state index contributed by atoms with van der Waals surface area (Å²) in [7, 11) is 0. The lowest BCUT2D eigenvalue weighted by molar-refractivity contribution is -0.123. The molecule has 0 aliphatic carbocycles. The van der Waals surface area contributed by atoms with Crippen LogP contribution in [0, 0.1) is 5.92 Å². The topological polar surface area (TPSA) is 50.3 Å². The molecule has 0 unspecified atom stereocenters. The van der Waals surface area contributed by atoms with Crippen molar-refractivity contribution in [3.05, 3.63) is 65.5 Å². The zero-order valence-corrected chi connectivity index (χ0v) is 14.6. The van der Waals surface area contributed by atoms with Gasteiger partial charge in [0.2, 0.25) is 0 Å². The number of benzene rings is 1. The quantitative estimate of drug-likeness (QED) is 0.842. The Morgan fingerprint density at radius 2 is 2.00 bits per heavy atom. The molecule has 0 spiro atoms. The number of carbonyl (C=O) groups excluding carboxylic acids is 2. The van der Waals surface area contributed by atoms with Crippen LogP contribution in [-0.2, 0) is 17.6 Å². The van der Waals surface area contributed by atoms with E-state index in [-0.39, 0.29) is 17.6 Å². The van der Waals surface area contributed by atoms with Crippen molar-refractivity contribution < 1.29 is 9.59 Å². The van der Waals surface area contributed by atoms with Crippen molar-refractivity contribution in [2.45, 2.75) is 32.6 Å². The molecule has 2 aromatic rings. The van der Waals surface area contributed by atoms with Crippen LogP contribution in [-0.4, -0.2) is 34.7 Å². The number of ketones is 1. The molecule has 130 valence electrons. The van der Waals surface area contributed by atoms with Crippen molar-refractivity contribution in [1.29, 1.82) is 0 Å². The summed E-state index contributed by atoms with van der Waals surface area (Å²) in [4.78, 5) is 31.5. The number of piperidine rings is 1. The Morgan fingerprint density at radius 1 is 1.20 bits per heavy atom. The highest BCUT2D eigenvalue weighted by Gasteiger charge is 2.28. The standard InChI is InChI=1S/C21H24N2O2/c1-2-19-14-17(10-11-22-19)21(25)23-12-6-9-18(15-23)20(24)13-16-7-4-3-5-8-16/h3-5,7-8,10-11,14,18H,2,6,9,12-13,15H2,1H3/t18-/m1/s1. The van der Waals surface area contributed by atoms with Gasteiger partial charge >= 0.3 is 0 Å². The van der Waals surface area contributed by atoms with Crippen molar-refractivity contribution in [3.8, 4) is 0 Å². The molecule has 0 saturated carbocycles. The van der Waals surface area contributed by atoms with Crippen LogP contribution in [0.2, 0.25) is 0 Å². The van der Waals surface area contributed by atoms with E-state index in [1.807, 2.05) is 48.2 Å². The van der Waals surface area contributed by atoms with Gasteiger partial charge in [0, 0.05) is 42.9 Å². The van der Waals surface area contributed by atoms with Crippen LogP contribution in [0.3, 0.4) is 0 Å². The van der Waals surface area contributed by atoms with Crippen LogP contribution >= 0.6 is 0 Å². The van der Waals surface area contributed by atoms with Crippen LogP contribution in [0.15, 0.2) is 48.7 Å². The molecule has 1 fully saturated rings. The van der Waals surface area contributed by atoms with Crippen LogP contribution < -0.4 is 0 Å². The van der Waals surface area contributed by atoms with Gasteiger partial charge in [-0.05, 0) is 37.0 Å². The molecular weight excluding hydrogens is 312 g/mol. The average Bonchev–Trinajstić information content (AvgIpc) is 2.68. The minimum absolute atomic E-state index is 0.00862. The van der Waals surface area contributed by atoms with E-state index >= 15 is 0 Å². The molecule has 1 saturated heterocycles. The maximum atomic E-state index is 12.8. The first kappa shape index (κ1) is 17.3. The zero-order valence-electron chi connectivity index (χ0n) is 14.6. The molecule has 25 heavy (non-hydrogen) atoms.